The van der Waals surface area contributed by atoms with Crippen LogP contribution >= 0.6 is 11.6 Å². The summed E-state index contributed by atoms with van der Waals surface area (Å²) in [7, 11) is 4.38. The van der Waals surface area contributed by atoms with E-state index in [-0.39, 0.29) is 6.04 Å². The van der Waals surface area contributed by atoms with Gasteiger partial charge in [-0.05, 0) is 57.5 Å². The molecule has 0 radical (unpaired) electrons. The van der Waals surface area contributed by atoms with Gasteiger partial charge in [-0.2, -0.15) is 0 Å². The second-order valence-corrected chi connectivity index (χ2v) is 6.56. The van der Waals surface area contributed by atoms with Crippen LogP contribution in [0, 0.1) is 0 Å². The van der Waals surface area contributed by atoms with Crippen LogP contribution in [-0.4, -0.2) is 44.2 Å². The van der Waals surface area contributed by atoms with Crippen molar-refractivity contribution in [3.05, 3.63) is 28.8 Å². The molecule has 1 fully saturated rings. The van der Waals surface area contributed by atoms with Crippen molar-refractivity contribution >= 4 is 17.3 Å². The van der Waals surface area contributed by atoms with Crippen LogP contribution in [-0.2, 0) is 6.42 Å². The Kier molecular flexibility index (Phi) is 5.30. The Morgan fingerprint density at radius 2 is 2.25 bits per heavy atom. The van der Waals surface area contributed by atoms with E-state index in [1.165, 1.54) is 30.6 Å². The first kappa shape index (κ1) is 15.6. The van der Waals surface area contributed by atoms with Crippen LogP contribution in [0.1, 0.15) is 25.3 Å². The molecule has 2 atom stereocenters. The minimum absolute atomic E-state index is 0.164. The molecule has 0 aliphatic carbocycles. The molecule has 1 aromatic rings. The second kappa shape index (κ2) is 6.79. The highest BCUT2D eigenvalue weighted by Crippen LogP contribution is 2.28. The lowest BCUT2D eigenvalue weighted by Crippen LogP contribution is -2.45. The predicted octanol–water partition coefficient (Wildman–Crippen LogP) is 2.76. The molecular formula is C16H26ClN3. The van der Waals surface area contributed by atoms with Gasteiger partial charge in [-0.25, -0.2) is 0 Å². The molecule has 20 heavy (non-hydrogen) atoms. The lowest BCUT2D eigenvalue weighted by Gasteiger charge is -2.38. The summed E-state index contributed by atoms with van der Waals surface area (Å²) in [6.07, 6.45) is 3.39. The molecule has 0 spiro atoms. The van der Waals surface area contributed by atoms with E-state index < -0.39 is 0 Å². The first-order chi connectivity index (χ1) is 9.47. The summed E-state index contributed by atoms with van der Waals surface area (Å²) >= 11 is 6.20. The largest absolute Gasteiger partial charge is 0.370 e. The van der Waals surface area contributed by atoms with Gasteiger partial charge in [0.1, 0.15) is 0 Å². The minimum Gasteiger partial charge on any atom is -0.370 e. The summed E-state index contributed by atoms with van der Waals surface area (Å²) in [5.41, 5.74) is 8.50. The van der Waals surface area contributed by atoms with E-state index >= 15 is 0 Å². The third kappa shape index (κ3) is 3.87. The minimum atomic E-state index is 0.164. The molecule has 0 saturated carbocycles. The molecule has 1 saturated heterocycles. The van der Waals surface area contributed by atoms with Crippen LogP contribution in [0.4, 0.5) is 5.69 Å². The Balaban J connectivity index is 2.22. The molecule has 0 amide bonds. The average molecular weight is 296 g/mol. The molecule has 1 aliphatic rings. The molecule has 1 aromatic carbocycles. The first-order valence-electron chi connectivity index (χ1n) is 7.42. The lowest BCUT2D eigenvalue weighted by molar-refractivity contribution is 0.248. The number of nitrogens with two attached hydrogens (primary N) is 1. The zero-order valence-electron chi connectivity index (χ0n) is 12.8. The third-order valence-corrected chi connectivity index (χ3v) is 4.35. The lowest BCUT2D eigenvalue weighted by atomic mass is 10.0. The predicted molar refractivity (Wildman–Crippen MR) is 87.7 cm³/mol. The van der Waals surface area contributed by atoms with E-state index in [1.54, 1.807) is 0 Å². The molecule has 0 aromatic heterocycles. The van der Waals surface area contributed by atoms with Crippen LogP contribution in [0.25, 0.3) is 0 Å². The molecule has 3 nitrogen and oxygen atoms in total. The van der Waals surface area contributed by atoms with Crippen LogP contribution in [0.3, 0.4) is 0 Å². The number of anilines is 1. The monoisotopic (exact) mass is 295 g/mol. The zero-order chi connectivity index (χ0) is 14.7. The van der Waals surface area contributed by atoms with Gasteiger partial charge >= 0.3 is 0 Å². The van der Waals surface area contributed by atoms with E-state index in [1.807, 2.05) is 13.0 Å². The number of likely N-dealkylation sites (tertiary alicyclic amines) is 1. The molecule has 4 heteroatoms. The quantitative estimate of drug-likeness (QED) is 0.927. The van der Waals surface area contributed by atoms with E-state index in [4.69, 9.17) is 17.3 Å². The van der Waals surface area contributed by atoms with Gasteiger partial charge in [0.2, 0.25) is 0 Å². The van der Waals surface area contributed by atoms with Crippen molar-refractivity contribution in [2.24, 2.45) is 5.73 Å². The summed E-state index contributed by atoms with van der Waals surface area (Å²) in [6, 6.07) is 6.87. The number of halogens is 1. The van der Waals surface area contributed by atoms with Crippen LogP contribution in [0.5, 0.6) is 0 Å². The second-order valence-electron chi connectivity index (χ2n) is 6.12. The summed E-state index contributed by atoms with van der Waals surface area (Å²) in [6.45, 7) is 4.36. The van der Waals surface area contributed by atoms with Gasteiger partial charge in [0.15, 0.2) is 0 Å². The Morgan fingerprint density at radius 3 is 2.90 bits per heavy atom. The summed E-state index contributed by atoms with van der Waals surface area (Å²) < 4.78 is 0. The zero-order valence-corrected chi connectivity index (χ0v) is 13.5. The van der Waals surface area contributed by atoms with Crippen molar-refractivity contribution in [3.8, 4) is 0 Å². The highest BCUT2D eigenvalue weighted by molar-refractivity contribution is 6.30. The van der Waals surface area contributed by atoms with Gasteiger partial charge in [-0.1, -0.05) is 17.7 Å². The normalized spacial score (nSPS) is 21.8. The molecule has 1 aliphatic heterocycles. The van der Waals surface area contributed by atoms with Crippen molar-refractivity contribution in [2.75, 3.05) is 32.1 Å². The Hall–Kier alpha value is -0.770. The molecule has 1 heterocycles. The van der Waals surface area contributed by atoms with Crippen molar-refractivity contribution in [1.29, 1.82) is 0 Å². The van der Waals surface area contributed by atoms with E-state index in [2.05, 4.69) is 36.0 Å². The SMILES string of the molecule is CC(N)Cc1ccc(Cl)cc1N(C)C1CCCN(C)C1. The van der Waals surface area contributed by atoms with Crippen LogP contribution in [0.2, 0.25) is 5.02 Å². The Labute approximate surface area is 127 Å². The maximum absolute atomic E-state index is 6.20. The summed E-state index contributed by atoms with van der Waals surface area (Å²) in [4.78, 5) is 4.79. The fourth-order valence-electron chi connectivity index (χ4n) is 3.04. The highest BCUT2D eigenvalue weighted by atomic mass is 35.5. The van der Waals surface area contributed by atoms with Gasteiger partial charge in [0.05, 0.1) is 0 Å². The number of nitrogens with zero attached hydrogens (tertiary/aromatic N) is 2. The van der Waals surface area contributed by atoms with Crippen molar-refractivity contribution in [2.45, 2.75) is 38.3 Å². The number of benzene rings is 1. The summed E-state index contributed by atoms with van der Waals surface area (Å²) in [5, 5.41) is 0.796. The average Bonchev–Trinajstić information content (AvgIpc) is 2.39. The number of piperidine rings is 1. The van der Waals surface area contributed by atoms with Gasteiger partial charge in [0, 0.05) is 36.4 Å². The smallest absolute Gasteiger partial charge is 0.0426 e. The first-order valence-corrected chi connectivity index (χ1v) is 7.80. The topological polar surface area (TPSA) is 32.5 Å². The molecule has 2 unspecified atom stereocenters. The number of rotatable bonds is 4. The van der Waals surface area contributed by atoms with Gasteiger partial charge in [-0.3, -0.25) is 0 Å². The third-order valence-electron chi connectivity index (χ3n) is 4.12. The maximum Gasteiger partial charge on any atom is 0.0426 e. The standard InChI is InChI=1S/C16H26ClN3/c1-12(18)9-13-6-7-14(17)10-16(13)20(3)15-5-4-8-19(2)11-15/h6-7,10,12,15H,4-5,8-9,11,18H2,1-3H3. The van der Waals surface area contributed by atoms with E-state index in [0.29, 0.717) is 6.04 Å². The summed E-state index contributed by atoms with van der Waals surface area (Å²) in [5.74, 6) is 0. The molecule has 0 bridgehead atoms. The van der Waals surface area contributed by atoms with E-state index in [0.717, 1.165) is 18.0 Å². The highest BCUT2D eigenvalue weighted by Gasteiger charge is 2.23. The van der Waals surface area contributed by atoms with Gasteiger partial charge in [-0.15, -0.1) is 0 Å². The maximum atomic E-state index is 6.20. The molecule has 2 N–H and O–H groups in total. The Bertz CT molecular complexity index is 447. The van der Waals surface area contributed by atoms with Crippen molar-refractivity contribution in [3.63, 3.8) is 0 Å². The Morgan fingerprint density at radius 1 is 1.50 bits per heavy atom. The van der Waals surface area contributed by atoms with Gasteiger partial charge < -0.3 is 15.5 Å². The van der Waals surface area contributed by atoms with Gasteiger partial charge in [0.25, 0.3) is 0 Å². The molecule has 112 valence electrons. The van der Waals surface area contributed by atoms with Crippen LogP contribution in [0.15, 0.2) is 18.2 Å². The fourth-order valence-corrected chi connectivity index (χ4v) is 3.20. The number of hydrogen-bond donors (Lipinski definition) is 1. The van der Waals surface area contributed by atoms with E-state index in [9.17, 15) is 0 Å². The molecular weight excluding hydrogens is 270 g/mol. The van der Waals surface area contributed by atoms with Crippen molar-refractivity contribution in [1.82, 2.24) is 4.90 Å². The van der Waals surface area contributed by atoms with Crippen molar-refractivity contribution < 1.29 is 0 Å². The molecule has 2 rings (SSSR count). The van der Waals surface area contributed by atoms with Crippen LogP contribution < -0.4 is 10.6 Å². The fraction of sp³-hybridized carbons (Fsp3) is 0.625. The number of hydrogen-bond acceptors (Lipinski definition) is 3. The number of likely N-dealkylation sites (N-methyl/N-ethyl adjacent to an activating group) is 2.